The van der Waals surface area contributed by atoms with Gasteiger partial charge in [0.05, 0.1) is 5.56 Å². The van der Waals surface area contributed by atoms with Gasteiger partial charge < -0.3 is 15.4 Å². The fourth-order valence-corrected chi connectivity index (χ4v) is 4.92. The molecule has 1 aromatic carbocycles. The normalized spacial score (nSPS) is 12.3. The van der Waals surface area contributed by atoms with Crippen LogP contribution in [0.25, 0.3) is 0 Å². The highest BCUT2D eigenvalue weighted by Crippen LogP contribution is 2.39. The Kier molecular flexibility index (Phi) is 6.44. The van der Waals surface area contributed by atoms with Crippen molar-refractivity contribution in [3.63, 3.8) is 0 Å². The van der Waals surface area contributed by atoms with Gasteiger partial charge in [0.1, 0.15) is 10.8 Å². The molecule has 30 heavy (non-hydrogen) atoms. The van der Waals surface area contributed by atoms with Crippen LogP contribution in [0.1, 0.15) is 32.8 Å². The quantitative estimate of drug-likeness (QED) is 0.521. The molecule has 0 fully saturated rings. The van der Waals surface area contributed by atoms with E-state index in [-0.39, 0.29) is 18.4 Å². The van der Waals surface area contributed by atoms with Crippen LogP contribution in [0, 0.1) is 0 Å². The van der Waals surface area contributed by atoms with Crippen molar-refractivity contribution in [1.29, 1.82) is 0 Å². The Hall–Kier alpha value is -2.71. The van der Waals surface area contributed by atoms with E-state index in [0.717, 1.165) is 34.9 Å². The summed E-state index contributed by atoms with van der Waals surface area (Å²) in [4.78, 5) is 30.6. The molecule has 0 spiro atoms. The molecule has 2 amide bonds. The number of ether oxygens (including phenoxy) is 1. The molecule has 0 bridgehead atoms. The molecule has 0 saturated heterocycles. The Morgan fingerprint density at radius 1 is 1.17 bits per heavy atom. The summed E-state index contributed by atoms with van der Waals surface area (Å²) in [6.07, 6.45) is 6.24. The van der Waals surface area contributed by atoms with Crippen molar-refractivity contribution in [2.75, 3.05) is 11.9 Å². The average Bonchev–Trinajstić information content (AvgIpc) is 3.33. The topological polar surface area (TPSA) is 80.3 Å². The highest BCUT2D eigenvalue weighted by Gasteiger charge is 2.27. The van der Waals surface area contributed by atoms with Gasteiger partial charge in [-0.05, 0) is 60.7 Å². The molecule has 0 unspecified atom stereocenters. The Labute approximate surface area is 186 Å². The summed E-state index contributed by atoms with van der Waals surface area (Å²) in [6.45, 7) is 0.262. The third-order valence-electron chi connectivity index (χ3n) is 4.76. The number of benzene rings is 1. The highest BCUT2D eigenvalue weighted by molar-refractivity contribution is 9.10. The molecule has 0 aliphatic heterocycles. The van der Waals surface area contributed by atoms with Gasteiger partial charge in [-0.25, -0.2) is 0 Å². The SMILES string of the molecule is O=C(COc1ccc(Br)cc1)Nc1sc2c(c1C(=O)NCc1cccnc1)CCC2. The van der Waals surface area contributed by atoms with Crippen LogP contribution in [0.4, 0.5) is 5.00 Å². The smallest absolute Gasteiger partial charge is 0.262 e. The largest absolute Gasteiger partial charge is 0.484 e. The molecule has 1 aliphatic carbocycles. The van der Waals surface area contributed by atoms with E-state index >= 15 is 0 Å². The van der Waals surface area contributed by atoms with E-state index in [1.165, 1.54) is 16.2 Å². The molecular formula is C22H20BrN3O3S. The number of nitrogens with zero attached hydrogens (tertiary/aromatic N) is 1. The monoisotopic (exact) mass is 485 g/mol. The second-order valence-corrected chi connectivity index (χ2v) is 8.92. The molecule has 8 heteroatoms. The number of carbonyl (C=O) groups is 2. The summed E-state index contributed by atoms with van der Waals surface area (Å²) in [5, 5.41) is 6.41. The molecule has 0 atom stereocenters. The molecule has 1 aliphatic rings. The summed E-state index contributed by atoms with van der Waals surface area (Å²) in [5.41, 5.74) is 2.55. The molecule has 154 valence electrons. The zero-order valence-electron chi connectivity index (χ0n) is 16.1. The molecule has 2 heterocycles. The number of carbonyl (C=O) groups excluding carboxylic acids is 2. The minimum absolute atomic E-state index is 0.124. The summed E-state index contributed by atoms with van der Waals surface area (Å²) in [6, 6.07) is 11.0. The maximum atomic E-state index is 12.9. The van der Waals surface area contributed by atoms with Crippen molar-refractivity contribution < 1.29 is 14.3 Å². The first-order chi connectivity index (χ1) is 14.6. The number of pyridine rings is 1. The van der Waals surface area contributed by atoms with Gasteiger partial charge >= 0.3 is 0 Å². The first kappa shape index (κ1) is 20.6. The van der Waals surface area contributed by atoms with Crippen molar-refractivity contribution in [2.24, 2.45) is 0 Å². The van der Waals surface area contributed by atoms with Crippen molar-refractivity contribution in [3.8, 4) is 5.75 Å². The van der Waals surface area contributed by atoms with Gasteiger partial charge in [0.25, 0.3) is 11.8 Å². The number of aromatic nitrogens is 1. The Morgan fingerprint density at radius 2 is 2.00 bits per heavy atom. The second kappa shape index (κ2) is 9.40. The number of hydrogen-bond acceptors (Lipinski definition) is 5. The van der Waals surface area contributed by atoms with E-state index in [0.29, 0.717) is 22.9 Å². The van der Waals surface area contributed by atoms with Crippen molar-refractivity contribution in [1.82, 2.24) is 10.3 Å². The number of thiophene rings is 1. The number of fused-ring (bicyclic) bond motifs is 1. The van der Waals surface area contributed by atoms with Crippen LogP contribution < -0.4 is 15.4 Å². The van der Waals surface area contributed by atoms with Gasteiger partial charge in [0, 0.05) is 28.3 Å². The lowest BCUT2D eigenvalue weighted by molar-refractivity contribution is -0.118. The Morgan fingerprint density at radius 3 is 2.77 bits per heavy atom. The van der Waals surface area contributed by atoms with E-state index in [1.54, 1.807) is 24.5 Å². The Balaban J connectivity index is 1.43. The summed E-state index contributed by atoms with van der Waals surface area (Å²) in [7, 11) is 0. The number of aryl methyl sites for hydroxylation is 1. The first-order valence-corrected chi connectivity index (χ1v) is 11.2. The van der Waals surface area contributed by atoms with Crippen molar-refractivity contribution in [3.05, 3.63) is 74.8 Å². The second-order valence-electron chi connectivity index (χ2n) is 6.90. The van der Waals surface area contributed by atoms with Gasteiger partial charge in [-0.15, -0.1) is 11.3 Å². The van der Waals surface area contributed by atoms with Crippen molar-refractivity contribution >= 4 is 44.1 Å². The maximum absolute atomic E-state index is 12.9. The summed E-state index contributed by atoms with van der Waals surface area (Å²) < 4.78 is 6.48. The average molecular weight is 486 g/mol. The summed E-state index contributed by atoms with van der Waals surface area (Å²) in [5.74, 6) is 0.137. The van der Waals surface area contributed by atoms with Crippen LogP contribution >= 0.6 is 27.3 Å². The lowest BCUT2D eigenvalue weighted by atomic mass is 10.1. The summed E-state index contributed by atoms with van der Waals surface area (Å²) >= 11 is 4.85. The van der Waals surface area contributed by atoms with Gasteiger partial charge in [0.15, 0.2) is 6.61 Å². The lowest BCUT2D eigenvalue weighted by Crippen LogP contribution is -2.26. The molecule has 3 aromatic rings. The number of hydrogen-bond donors (Lipinski definition) is 2. The van der Waals surface area contributed by atoms with E-state index in [1.807, 2.05) is 24.3 Å². The van der Waals surface area contributed by atoms with Crippen LogP contribution in [0.2, 0.25) is 0 Å². The highest BCUT2D eigenvalue weighted by atomic mass is 79.9. The molecule has 0 saturated carbocycles. The third kappa shape index (κ3) is 4.88. The third-order valence-corrected chi connectivity index (χ3v) is 6.50. The number of rotatable bonds is 7. The maximum Gasteiger partial charge on any atom is 0.262 e. The van der Waals surface area contributed by atoms with Crippen LogP contribution in [0.3, 0.4) is 0 Å². The first-order valence-electron chi connectivity index (χ1n) is 9.60. The van der Waals surface area contributed by atoms with E-state index in [9.17, 15) is 9.59 Å². The molecule has 2 N–H and O–H groups in total. The number of nitrogens with one attached hydrogen (secondary N) is 2. The van der Waals surface area contributed by atoms with Crippen LogP contribution in [0.5, 0.6) is 5.75 Å². The fraction of sp³-hybridized carbons (Fsp3) is 0.227. The fourth-order valence-electron chi connectivity index (χ4n) is 3.35. The van der Waals surface area contributed by atoms with Crippen LogP contribution in [0.15, 0.2) is 53.3 Å². The molecule has 0 radical (unpaired) electrons. The minimum Gasteiger partial charge on any atom is -0.484 e. The Bertz CT molecular complexity index is 1050. The van der Waals surface area contributed by atoms with Gasteiger partial charge in [-0.1, -0.05) is 22.0 Å². The van der Waals surface area contributed by atoms with Gasteiger partial charge in [-0.2, -0.15) is 0 Å². The zero-order chi connectivity index (χ0) is 20.9. The van der Waals surface area contributed by atoms with Crippen LogP contribution in [-0.2, 0) is 24.2 Å². The zero-order valence-corrected chi connectivity index (χ0v) is 18.5. The number of amides is 2. The van der Waals surface area contributed by atoms with Crippen LogP contribution in [-0.4, -0.2) is 23.4 Å². The molecule has 2 aromatic heterocycles. The van der Waals surface area contributed by atoms with E-state index in [4.69, 9.17) is 4.74 Å². The minimum atomic E-state index is -0.292. The standard InChI is InChI=1S/C22H20BrN3O3S/c23-15-6-8-16(9-7-15)29-13-19(27)26-22-20(17-4-1-5-18(17)30-22)21(28)25-12-14-3-2-10-24-11-14/h2-3,6-11H,1,4-5,12-13H2,(H,25,28)(H,26,27). The van der Waals surface area contributed by atoms with E-state index < -0.39 is 0 Å². The molecular weight excluding hydrogens is 466 g/mol. The number of anilines is 1. The molecule has 4 rings (SSSR count). The molecule has 6 nitrogen and oxygen atoms in total. The van der Waals surface area contributed by atoms with Crippen molar-refractivity contribution in [2.45, 2.75) is 25.8 Å². The number of halogens is 1. The van der Waals surface area contributed by atoms with Gasteiger partial charge in [0.2, 0.25) is 0 Å². The lowest BCUT2D eigenvalue weighted by Gasteiger charge is -2.10. The van der Waals surface area contributed by atoms with E-state index in [2.05, 4.69) is 31.5 Å². The predicted octanol–water partition coefficient (Wildman–Crippen LogP) is 4.34. The van der Waals surface area contributed by atoms with Gasteiger partial charge in [-0.3, -0.25) is 14.6 Å². The predicted molar refractivity (Wildman–Crippen MR) is 120 cm³/mol.